The van der Waals surface area contributed by atoms with Crippen LogP contribution in [0.2, 0.25) is 0 Å². The quantitative estimate of drug-likeness (QED) is 0.696. The Morgan fingerprint density at radius 1 is 1.38 bits per heavy atom. The molecule has 1 unspecified atom stereocenters. The molecule has 0 aromatic heterocycles. The van der Waals surface area contributed by atoms with Crippen LogP contribution >= 0.6 is 10.7 Å². The Labute approximate surface area is 103 Å². The molecule has 0 heterocycles. The normalized spacial score (nSPS) is 22.2. The third kappa shape index (κ3) is 5.02. The molecule has 1 saturated carbocycles. The van der Waals surface area contributed by atoms with E-state index in [0.29, 0.717) is 12.5 Å². The molecule has 5 heteroatoms. The van der Waals surface area contributed by atoms with Gasteiger partial charge in [-0.2, -0.15) is 0 Å². The van der Waals surface area contributed by atoms with E-state index in [4.69, 9.17) is 15.4 Å². The molecule has 1 fully saturated rings. The second kappa shape index (κ2) is 5.69. The molecule has 0 aromatic carbocycles. The zero-order valence-electron chi connectivity index (χ0n) is 10.0. The monoisotopic (exact) mass is 268 g/mol. The fraction of sp³-hybridized carbons (Fsp3) is 1.00. The van der Waals surface area contributed by atoms with Crippen LogP contribution in [-0.4, -0.2) is 26.4 Å². The Balaban J connectivity index is 2.62. The molecule has 1 aliphatic carbocycles. The molecule has 1 atom stereocenters. The highest BCUT2D eigenvalue weighted by molar-refractivity contribution is 8.13. The van der Waals surface area contributed by atoms with Crippen LogP contribution in [0.5, 0.6) is 0 Å². The van der Waals surface area contributed by atoms with Crippen LogP contribution in [0.15, 0.2) is 0 Å². The maximum atomic E-state index is 11.2. The van der Waals surface area contributed by atoms with Crippen molar-refractivity contribution in [3.8, 4) is 0 Å². The van der Waals surface area contributed by atoms with Gasteiger partial charge < -0.3 is 4.74 Å². The summed E-state index contributed by atoms with van der Waals surface area (Å²) in [6.07, 6.45) is 5.67. The van der Waals surface area contributed by atoms with Gasteiger partial charge in [0.05, 0.1) is 11.4 Å². The van der Waals surface area contributed by atoms with Crippen LogP contribution in [0, 0.1) is 5.92 Å². The first-order chi connectivity index (χ1) is 7.35. The van der Waals surface area contributed by atoms with E-state index < -0.39 is 14.7 Å². The van der Waals surface area contributed by atoms with Crippen LogP contribution in [0.1, 0.15) is 46.0 Å². The predicted molar refractivity (Wildman–Crippen MR) is 66.2 cm³/mol. The van der Waals surface area contributed by atoms with Crippen molar-refractivity contribution in [1.82, 2.24) is 0 Å². The second-order valence-electron chi connectivity index (χ2n) is 4.92. The van der Waals surface area contributed by atoms with Crippen LogP contribution < -0.4 is 0 Å². The molecule has 0 N–H and O–H groups in total. The minimum absolute atomic E-state index is 0.0914. The van der Waals surface area contributed by atoms with Crippen molar-refractivity contribution in [2.75, 3.05) is 12.4 Å². The molecule has 3 nitrogen and oxygen atoms in total. The first-order valence-corrected chi connectivity index (χ1v) is 8.39. The average molecular weight is 269 g/mol. The lowest BCUT2D eigenvalue weighted by Gasteiger charge is -2.30. The van der Waals surface area contributed by atoms with Gasteiger partial charge in [0.25, 0.3) is 0 Å². The SMILES string of the molecule is CCOC(C)(CC1CCCC1)CS(=O)(=O)Cl. The molecule has 1 aliphatic rings. The molecular formula is C11H21ClO3S. The van der Waals surface area contributed by atoms with Crippen molar-refractivity contribution in [3.63, 3.8) is 0 Å². The first kappa shape index (κ1) is 14.3. The van der Waals surface area contributed by atoms with Gasteiger partial charge in [-0.1, -0.05) is 25.7 Å². The van der Waals surface area contributed by atoms with E-state index in [1.807, 2.05) is 13.8 Å². The van der Waals surface area contributed by atoms with E-state index in [0.717, 1.165) is 6.42 Å². The minimum Gasteiger partial charge on any atom is -0.374 e. The number of ether oxygens (including phenoxy) is 1. The van der Waals surface area contributed by atoms with E-state index in [1.54, 1.807) is 0 Å². The standard InChI is InChI=1S/C11H21ClO3S/c1-3-15-11(2,9-16(12,13)14)8-10-6-4-5-7-10/h10H,3-9H2,1-2H3. The summed E-state index contributed by atoms with van der Waals surface area (Å²) in [5, 5.41) is 0. The van der Waals surface area contributed by atoms with E-state index >= 15 is 0 Å². The Bertz CT molecular complexity index is 309. The van der Waals surface area contributed by atoms with Crippen LogP contribution in [0.25, 0.3) is 0 Å². The molecule has 0 aliphatic heterocycles. The zero-order chi connectivity index (χ0) is 12.2. The van der Waals surface area contributed by atoms with Crippen molar-refractivity contribution < 1.29 is 13.2 Å². The zero-order valence-corrected chi connectivity index (χ0v) is 11.6. The van der Waals surface area contributed by atoms with Gasteiger partial charge in [0.15, 0.2) is 0 Å². The molecule has 0 amide bonds. The lowest BCUT2D eigenvalue weighted by molar-refractivity contribution is -0.0238. The van der Waals surface area contributed by atoms with Gasteiger partial charge in [-0.3, -0.25) is 0 Å². The van der Waals surface area contributed by atoms with Gasteiger partial charge >= 0.3 is 0 Å². The van der Waals surface area contributed by atoms with Gasteiger partial charge in [-0.25, -0.2) is 8.42 Å². The Kier molecular flexibility index (Phi) is 5.08. The summed E-state index contributed by atoms with van der Waals surface area (Å²) in [7, 11) is 1.83. The second-order valence-corrected chi connectivity index (χ2v) is 7.70. The average Bonchev–Trinajstić information content (AvgIpc) is 2.52. The molecule has 96 valence electrons. The van der Waals surface area contributed by atoms with Gasteiger partial charge in [0.2, 0.25) is 9.05 Å². The highest BCUT2D eigenvalue weighted by Crippen LogP contribution is 2.34. The van der Waals surface area contributed by atoms with E-state index in [2.05, 4.69) is 0 Å². The summed E-state index contributed by atoms with van der Waals surface area (Å²) < 4.78 is 28.0. The summed E-state index contributed by atoms with van der Waals surface area (Å²) >= 11 is 0. The van der Waals surface area contributed by atoms with Gasteiger partial charge in [0.1, 0.15) is 0 Å². The molecular weight excluding hydrogens is 248 g/mol. The lowest BCUT2D eigenvalue weighted by Crippen LogP contribution is -2.37. The highest BCUT2D eigenvalue weighted by atomic mass is 35.7. The summed E-state index contributed by atoms with van der Waals surface area (Å²) in [5.41, 5.74) is -0.621. The largest absolute Gasteiger partial charge is 0.374 e. The Morgan fingerprint density at radius 3 is 2.38 bits per heavy atom. The lowest BCUT2D eigenvalue weighted by atomic mass is 9.92. The van der Waals surface area contributed by atoms with Crippen molar-refractivity contribution in [3.05, 3.63) is 0 Å². The molecule has 0 aromatic rings. The van der Waals surface area contributed by atoms with Gasteiger partial charge in [-0.05, 0) is 26.2 Å². The van der Waals surface area contributed by atoms with Crippen molar-refractivity contribution in [1.29, 1.82) is 0 Å². The Morgan fingerprint density at radius 2 is 1.94 bits per heavy atom. The van der Waals surface area contributed by atoms with Crippen molar-refractivity contribution in [2.45, 2.75) is 51.6 Å². The molecule has 1 rings (SSSR count). The summed E-state index contributed by atoms with van der Waals surface area (Å²) in [6.45, 7) is 4.26. The van der Waals surface area contributed by atoms with E-state index in [9.17, 15) is 8.42 Å². The molecule has 0 radical (unpaired) electrons. The number of rotatable bonds is 6. The molecule has 0 bridgehead atoms. The summed E-state index contributed by atoms with van der Waals surface area (Å²) in [5.74, 6) is 0.501. The fourth-order valence-electron chi connectivity index (χ4n) is 2.70. The molecule has 16 heavy (non-hydrogen) atoms. The number of hydrogen-bond donors (Lipinski definition) is 0. The van der Waals surface area contributed by atoms with Crippen LogP contribution in [-0.2, 0) is 13.8 Å². The molecule has 0 spiro atoms. The molecule has 0 saturated heterocycles. The highest BCUT2D eigenvalue weighted by Gasteiger charge is 2.34. The Hall–Kier alpha value is 0.200. The van der Waals surface area contributed by atoms with Gasteiger partial charge in [-0.15, -0.1) is 0 Å². The number of hydrogen-bond acceptors (Lipinski definition) is 3. The minimum atomic E-state index is -3.50. The van der Waals surface area contributed by atoms with Crippen LogP contribution in [0.3, 0.4) is 0 Å². The van der Waals surface area contributed by atoms with E-state index in [1.165, 1.54) is 25.7 Å². The third-order valence-corrected chi connectivity index (χ3v) is 4.45. The van der Waals surface area contributed by atoms with Crippen molar-refractivity contribution >= 4 is 19.7 Å². The van der Waals surface area contributed by atoms with Crippen LogP contribution in [0.4, 0.5) is 0 Å². The fourth-order valence-corrected chi connectivity index (χ4v) is 4.32. The first-order valence-electron chi connectivity index (χ1n) is 5.91. The predicted octanol–water partition coefficient (Wildman–Crippen LogP) is 2.93. The maximum absolute atomic E-state index is 11.2. The topological polar surface area (TPSA) is 43.4 Å². The van der Waals surface area contributed by atoms with Gasteiger partial charge in [0, 0.05) is 17.3 Å². The van der Waals surface area contributed by atoms with Crippen molar-refractivity contribution in [2.24, 2.45) is 5.92 Å². The van der Waals surface area contributed by atoms with E-state index in [-0.39, 0.29) is 5.75 Å². The smallest absolute Gasteiger partial charge is 0.235 e. The third-order valence-electron chi connectivity index (χ3n) is 3.17. The summed E-state index contributed by atoms with van der Waals surface area (Å²) in [6, 6.07) is 0. The summed E-state index contributed by atoms with van der Waals surface area (Å²) in [4.78, 5) is 0. The maximum Gasteiger partial charge on any atom is 0.235 e. The number of halogens is 1.